The van der Waals surface area contributed by atoms with E-state index in [4.69, 9.17) is 11.6 Å². The second kappa shape index (κ2) is 10.5. The molecule has 2 rings (SSSR count). The van der Waals surface area contributed by atoms with E-state index in [-0.39, 0.29) is 11.8 Å². The summed E-state index contributed by atoms with van der Waals surface area (Å²) in [6, 6.07) is 7.53. The average Bonchev–Trinajstić information content (AvgIpc) is 2.63. The van der Waals surface area contributed by atoms with Gasteiger partial charge in [0.15, 0.2) is 6.54 Å². The largest absolute Gasteiger partial charge is 0.354 e. The Morgan fingerprint density at radius 2 is 1.73 bits per heavy atom. The lowest BCUT2D eigenvalue weighted by molar-refractivity contribution is -1.02. The minimum Gasteiger partial charge on any atom is -0.354 e. The summed E-state index contributed by atoms with van der Waals surface area (Å²) in [5.74, 6) is -0.173. The molecule has 1 heterocycles. The van der Waals surface area contributed by atoms with Crippen LogP contribution in [0.2, 0.25) is 5.02 Å². The fourth-order valence-corrected chi connectivity index (χ4v) is 3.31. The maximum Gasteiger partial charge on any atom is 0.275 e. The molecular formula is C19H31ClN4O2+2. The van der Waals surface area contributed by atoms with E-state index in [1.54, 1.807) is 6.92 Å². The van der Waals surface area contributed by atoms with Gasteiger partial charge in [0.2, 0.25) is 5.91 Å². The van der Waals surface area contributed by atoms with Crippen molar-refractivity contribution in [3.05, 3.63) is 34.9 Å². The monoisotopic (exact) mass is 382 g/mol. The molecule has 0 aromatic heterocycles. The number of carbonyl (C=O) groups is 2. The first-order valence-corrected chi connectivity index (χ1v) is 9.84. The highest BCUT2D eigenvalue weighted by Gasteiger charge is 2.26. The molecule has 144 valence electrons. The van der Waals surface area contributed by atoms with E-state index in [1.165, 1.54) is 15.4 Å². The van der Waals surface area contributed by atoms with Crippen LogP contribution in [0.25, 0.3) is 0 Å². The number of nitrogens with one attached hydrogen (secondary N) is 4. The number of halogens is 1. The lowest BCUT2D eigenvalue weighted by Gasteiger charge is -2.29. The van der Waals surface area contributed by atoms with Crippen molar-refractivity contribution in [1.82, 2.24) is 10.6 Å². The van der Waals surface area contributed by atoms with Gasteiger partial charge in [-0.2, -0.15) is 0 Å². The van der Waals surface area contributed by atoms with Crippen LogP contribution in [0.1, 0.15) is 25.8 Å². The van der Waals surface area contributed by atoms with Gasteiger partial charge < -0.3 is 20.4 Å². The minimum atomic E-state index is -0.481. The molecule has 0 saturated carbocycles. The van der Waals surface area contributed by atoms with Crippen molar-refractivity contribution < 1.29 is 19.4 Å². The van der Waals surface area contributed by atoms with Gasteiger partial charge in [-0.1, -0.05) is 30.7 Å². The molecule has 0 spiro atoms. The van der Waals surface area contributed by atoms with E-state index >= 15 is 0 Å². The highest BCUT2D eigenvalue weighted by molar-refractivity contribution is 6.30. The van der Waals surface area contributed by atoms with Crippen molar-refractivity contribution >= 4 is 23.4 Å². The first-order chi connectivity index (χ1) is 12.5. The molecule has 1 atom stereocenters. The number of rotatable bonds is 8. The Labute approximate surface area is 160 Å². The average molecular weight is 383 g/mol. The SMILES string of the molecule is CCCNC(=O)[C@@H](C)NC(=O)C[NH+]1CC[NH+](Cc2ccc(Cl)cc2)CC1. The summed E-state index contributed by atoms with van der Waals surface area (Å²) in [4.78, 5) is 26.8. The first kappa shape index (κ1) is 20.7. The van der Waals surface area contributed by atoms with Gasteiger partial charge in [0, 0.05) is 17.1 Å². The van der Waals surface area contributed by atoms with Crippen LogP contribution in [0.5, 0.6) is 0 Å². The fourth-order valence-electron chi connectivity index (χ4n) is 3.19. The normalized spacial score (nSPS) is 21.0. The van der Waals surface area contributed by atoms with Crippen LogP contribution in [-0.4, -0.2) is 57.1 Å². The third kappa shape index (κ3) is 6.94. The summed E-state index contributed by atoms with van der Waals surface area (Å²) in [5.41, 5.74) is 1.29. The predicted octanol–water partition coefficient (Wildman–Crippen LogP) is -1.35. The third-order valence-electron chi connectivity index (χ3n) is 4.76. The Kier molecular flexibility index (Phi) is 8.35. The Morgan fingerprint density at radius 1 is 1.12 bits per heavy atom. The second-order valence-electron chi connectivity index (χ2n) is 7.06. The molecule has 4 N–H and O–H groups in total. The smallest absolute Gasteiger partial charge is 0.275 e. The maximum atomic E-state index is 12.2. The van der Waals surface area contributed by atoms with Gasteiger partial charge in [0.25, 0.3) is 5.91 Å². The number of hydrogen-bond acceptors (Lipinski definition) is 2. The van der Waals surface area contributed by atoms with Gasteiger partial charge >= 0.3 is 0 Å². The van der Waals surface area contributed by atoms with E-state index in [0.717, 1.165) is 44.2 Å². The molecule has 0 aliphatic carbocycles. The number of piperazine rings is 1. The summed E-state index contributed by atoms with van der Waals surface area (Å²) in [5, 5.41) is 6.37. The molecule has 0 unspecified atom stereocenters. The first-order valence-electron chi connectivity index (χ1n) is 9.46. The number of carbonyl (C=O) groups excluding carboxylic acids is 2. The minimum absolute atomic E-state index is 0.0553. The molecule has 1 aliphatic heterocycles. The fraction of sp³-hybridized carbons (Fsp3) is 0.579. The molecule has 2 amide bonds. The van der Waals surface area contributed by atoms with E-state index in [1.807, 2.05) is 19.1 Å². The van der Waals surface area contributed by atoms with E-state index in [0.29, 0.717) is 13.1 Å². The van der Waals surface area contributed by atoms with Crippen molar-refractivity contribution in [2.45, 2.75) is 32.9 Å². The van der Waals surface area contributed by atoms with E-state index < -0.39 is 6.04 Å². The van der Waals surface area contributed by atoms with Gasteiger partial charge in [-0.25, -0.2) is 0 Å². The number of hydrogen-bond donors (Lipinski definition) is 4. The lowest BCUT2D eigenvalue weighted by Crippen LogP contribution is -3.28. The predicted molar refractivity (Wildman–Crippen MR) is 102 cm³/mol. The molecule has 1 aromatic rings. The molecule has 1 aromatic carbocycles. The molecule has 26 heavy (non-hydrogen) atoms. The molecule has 0 radical (unpaired) electrons. The zero-order chi connectivity index (χ0) is 18.9. The maximum absolute atomic E-state index is 12.2. The molecule has 7 heteroatoms. The van der Waals surface area contributed by atoms with Crippen LogP contribution in [0.4, 0.5) is 0 Å². The molecule has 1 aliphatic rings. The Balaban J connectivity index is 1.68. The van der Waals surface area contributed by atoms with E-state index in [2.05, 4.69) is 22.8 Å². The molecule has 0 bridgehead atoms. The Hall–Kier alpha value is -1.63. The molecule has 6 nitrogen and oxygen atoms in total. The number of amides is 2. The summed E-state index contributed by atoms with van der Waals surface area (Å²) in [6.07, 6.45) is 0.888. The molecular weight excluding hydrogens is 352 g/mol. The standard InChI is InChI=1S/C19H29ClN4O2/c1-3-8-21-19(26)15(2)22-18(25)14-24-11-9-23(10-12-24)13-16-4-6-17(20)7-5-16/h4-7,15H,3,8-14H2,1-2H3,(H,21,26)(H,22,25)/p+2/t15-/m1/s1. The topological polar surface area (TPSA) is 67.1 Å². The second-order valence-corrected chi connectivity index (χ2v) is 7.50. The lowest BCUT2D eigenvalue weighted by atomic mass is 10.2. The van der Waals surface area contributed by atoms with Crippen molar-refractivity contribution in [3.63, 3.8) is 0 Å². The Bertz CT molecular complexity index is 586. The van der Waals surface area contributed by atoms with Gasteiger partial charge in [-0.05, 0) is 25.5 Å². The highest BCUT2D eigenvalue weighted by Crippen LogP contribution is 2.08. The summed E-state index contributed by atoms with van der Waals surface area (Å²) < 4.78 is 0. The summed E-state index contributed by atoms with van der Waals surface area (Å²) in [7, 11) is 0. The highest BCUT2D eigenvalue weighted by atomic mass is 35.5. The van der Waals surface area contributed by atoms with Crippen molar-refractivity contribution in [2.24, 2.45) is 0 Å². The van der Waals surface area contributed by atoms with Gasteiger partial charge in [0.05, 0.1) is 0 Å². The van der Waals surface area contributed by atoms with Crippen LogP contribution >= 0.6 is 11.6 Å². The zero-order valence-corrected chi connectivity index (χ0v) is 16.5. The third-order valence-corrected chi connectivity index (χ3v) is 5.01. The quantitative estimate of drug-likeness (QED) is 0.449. The van der Waals surface area contributed by atoms with Crippen molar-refractivity contribution in [1.29, 1.82) is 0 Å². The van der Waals surface area contributed by atoms with Crippen molar-refractivity contribution in [3.8, 4) is 0 Å². The molecule has 1 saturated heterocycles. The van der Waals surface area contributed by atoms with Crippen LogP contribution < -0.4 is 20.4 Å². The zero-order valence-electron chi connectivity index (χ0n) is 15.7. The van der Waals surface area contributed by atoms with Gasteiger partial charge in [-0.3, -0.25) is 9.59 Å². The Morgan fingerprint density at radius 3 is 2.35 bits per heavy atom. The number of benzene rings is 1. The summed E-state index contributed by atoms with van der Waals surface area (Å²) >= 11 is 5.93. The van der Waals surface area contributed by atoms with Crippen LogP contribution in [0, 0.1) is 0 Å². The van der Waals surface area contributed by atoms with Crippen LogP contribution in [0.3, 0.4) is 0 Å². The summed E-state index contributed by atoms with van der Waals surface area (Å²) in [6.45, 7) is 9.80. The van der Waals surface area contributed by atoms with E-state index in [9.17, 15) is 9.59 Å². The van der Waals surface area contributed by atoms with Gasteiger partial charge in [-0.15, -0.1) is 0 Å². The number of quaternary nitrogens is 2. The van der Waals surface area contributed by atoms with Crippen LogP contribution in [-0.2, 0) is 16.1 Å². The van der Waals surface area contributed by atoms with Gasteiger partial charge in [0.1, 0.15) is 38.8 Å². The molecule has 1 fully saturated rings. The van der Waals surface area contributed by atoms with Crippen molar-refractivity contribution in [2.75, 3.05) is 39.3 Å². The van der Waals surface area contributed by atoms with Crippen LogP contribution in [0.15, 0.2) is 24.3 Å².